The molecule has 4 aromatic carbocycles. The molecule has 0 atom stereocenters. The highest BCUT2D eigenvalue weighted by Gasteiger charge is 2.21. The maximum absolute atomic E-state index is 9.80. The SMILES string of the molecule is COc1cc(/C2=C/CCCCc3c2ccc(CO)c3OC)cc(CO)c1CO.COc1cc(/C2=C/CCCCc3cc(CO)ccc32)cc(CO)c1CO. The van der Waals surface area contributed by atoms with Gasteiger partial charge in [-0.1, -0.05) is 42.5 Å². The largest absolute Gasteiger partial charge is 0.496 e. The highest BCUT2D eigenvalue weighted by atomic mass is 16.5. The van der Waals surface area contributed by atoms with Gasteiger partial charge in [0.05, 0.1) is 61.0 Å². The van der Waals surface area contributed by atoms with Crippen LogP contribution in [0, 0.1) is 0 Å². The second kappa shape index (κ2) is 19.7. The Bertz CT molecular complexity index is 1910. The number of hydrogen-bond acceptors (Lipinski definition) is 9. The first kappa shape index (κ1) is 40.7. The second-order valence-corrected chi connectivity index (χ2v) is 13.6. The molecule has 6 N–H and O–H groups in total. The molecule has 0 fully saturated rings. The first-order valence-electron chi connectivity index (χ1n) is 18.7. The van der Waals surface area contributed by atoms with E-state index in [1.165, 1.54) is 5.56 Å². The monoisotopic (exact) mass is 738 g/mol. The van der Waals surface area contributed by atoms with Gasteiger partial charge in [0.2, 0.25) is 0 Å². The van der Waals surface area contributed by atoms with Gasteiger partial charge in [0.25, 0.3) is 0 Å². The third-order valence-electron chi connectivity index (χ3n) is 10.4. The van der Waals surface area contributed by atoms with E-state index >= 15 is 0 Å². The summed E-state index contributed by atoms with van der Waals surface area (Å²) in [6.45, 7) is -0.711. The number of aliphatic hydroxyl groups excluding tert-OH is 6. The van der Waals surface area contributed by atoms with Gasteiger partial charge < -0.3 is 44.8 Å². The van der Waals surface area contributed by atoms with Crippen molar-refractivity contribution < 1.29 is 44.8 Å². The maximum atomic E-state index is 9.80. The van der Waals surface area contributed by atoms with Crippen LogP contribution in [0.1, 0.15) is 105 Å². The lowest BCUT2D eigenvalue weighted by molar-refractivity contribution is 0.254. The van der Waals surface area contributed by atoms with E-state index < -0.39 is 0 Å². The normalized spacial score (nSPS) is 16.0. The van der Waals surface area contributed by atoms with Crippen molar-refractivity contribution in [3.63, 3.8) is 0 Å². The molecule has 0 unspecified atom stereocenters. The molecule has 0 spiro atoms. The summed E-state index contributed by atoms with van der Waals surface area (Å²) in [5.74, 6) is 1.90. The van der Waals surface area contributed by atoms with E-state index in [-0.39, 0.29) is 39.6 Å². The van der Waals surface area contributed by atoms with E-state index in [2.05, 4.69) is 24.3 Å². The summed E-state index contributed by atoms with van der Waals surface area (Å²) in [6.07, 6.45) is 12.6. The predicted octanol–water partition coefficient (Wildman–Crippen LogP) is 6.67. The highest BCUT2D eigenvalue weighted by molar-refractivity contribution is 5.84. The van der Waals surface area contributed by atoms with Crippen molar-refractivity contribution in [2.45, 2.75) is 91.0 Å². The van der Waals surface area contributed by atoms with Crippen LogP contribution in [0.2, 0.25) is 0 Å². The lowest BCUT2D eigenvalue weighted by Gasteiger charge is -2.22. The zero-order valence-corrected chi connectivity index (χ0v) is 31.7. The number of rotatable bonds is 11. The topological polar surface area (TPSA) is 149 Å². The van der Waals surface area contributed by atoms with Gasteiger partial charge in [-0.2, -0.15) is 0 Å². The number of benzene rings is 4. The Kier molecular flexibility index (Phi) is 14.9. The molecule has 6 rings (SSSR count). The van der Waals surface area contributed by atoms with Gasteiger partial charge in [-0.15, -0.1) is 0 Å². The first-order valence-corrected chi connectivity index (χ1v) is 18.7. The molecule has 0 amide bonds. The zero-order valence-electron chi connectivity index (χ0n) is 31.7. The third kappa shape index (κ3) is 8.90. The molecule has 9 nitrogen and oxygen atoms in total. The van der Waals surface area contributed by atoms with E-state index in [1.54, 1.807) is 21.3 Å². The second-order valence-electron chi connectivity index (χ2n) is 13.6. The Morgan fingerprint density at radius 3 is 1.54 bits per heavy atom. The minimum Gasteiger partial charge on any atom is -0.496 e. The van der Waals surface area contributed by atoms with Crippen LogP contribution < -0.4 is 14.2 Å². The minimum atomic E-state index is -0.192. The molecule has 54 heavy (non-hydrogen) atoms. The Hall–Kier alpha value is -4.48. The molecule has 9 heteroatoms. The van der Waals surface area contributed by atoms with Crippen molar-refractivity contribution in [3.05, 3.63) is 134 Å². The van der Waals surface area contributed by atoms with Gasteiger partial charge in [-0.05, 0) is 131 Å². The molecule has 2 aliphatic carbocycles. The third-order valence-corrected chi connectivity index (χ3v) is 10.4. The van der Waals surface area contributed by atoms with E-state index in [0.29, 0.717) is 33.8 Å². The molecule has 0 bridgehead atoms. The summed E-state index contributed by atoms with van der Waals surface area (Å²) in [7, 11) is 4.78. The molecule has 0 saturated carbocycles. The Morgan fingerprint density at radius 2 is 1.04 bits per heavy atom. The van der Waals surface area contributed by atoms with Crippen LogP contribution in [-0.2, 0) is 52.5 Å². The molecule has 0 aliphatic heterocycles. The standard InChI is InChI=1S/C23H28O5.C22H26O4/c1-27-22-11-16(10-17(13-25)21(22)14-26)18-6-4-3-5-7-20-19(18)9-8-15(12-24)23(20)28-2;1-26-22-11-17(10-18(13-24)21(22)14-25)19-6-4-2-3-5-16-9-15(12-23)7-8-20(16)19/h6,8-11,24-26H,3-5,7,12-14H2,1-2H3;6-11,23-25H,2-5,12-14H2,1H3/b18-6-;19-6-. The van der Waals surface area contributed by atoms with Gasteiger partial charge in [0.15, 0.2) is 0 Å². The van der Waals surface area contributed by atoms with Crippen LogP contribution in [0.4, 0.5) is 0 Å². The highest BCUT2D eigenvalue weighted by Crippen LogP contribution is 2.40. The van der Waals surface area contributed by atoms with Gasteiger partial charge in [-0.3, -0.25) is 0 Å². The van der Waals surface area contributed by atoms with Crippen molar-refractivity contribution in [1.29, 1.82) is 0 Å². The fourth-order valence-electron chi connectivity index (χ4n) is 7.66. The molecule has 4 aromatic rings. The molecule has 0 saturated heterocycles. The fourth-order valence-corrected chi connectivity index (χ4v) is 7.66. The van der Waals surface area contributed by atoms with Gasteiger partial charge in [-0.25, -0.2) is 0 Å². The van der Waals surface area contributed by atoms with E-state index in [4.69, 9.17) is 14.2 Å². The number of methoxy groups -OCH3 is 3. The summed E-state index contributed by atoms with van der Waals surface area (Å²) >= 11 is 0. The molecular formula is C45H54O9. The molecular weight excluding hydrogens is 684 g/mol. The summed E-state index contributed by atoms with van der Waals surface area (Å²) in [5.41, 5.74) is 12.9. The number of hydrogen-bond donors (Lipinski definition) is 6. The van der Waals surface area contributed by atoms with Crippen LogP contribution in [0.5, 0.6) is 17.2 Å². The fraction of sp³-hybridized carbons (Fsp3) is 0.378. The van der Waals surface area contributed by atoms with Crippen molar-refractivity contribution in [2.75, 3.05) is 21.3 Å². The molecule has 0 radical (unpaired) electrons. The van der Waals surface area contributed by atoms with Crippen LogP contribution >= 0.6 is 0 Å². The Morgan fingerprint density at radius 1 is 0.500 bits per heavy atom. The Balaban J connectivity index is 0.000000208. The number of allylic oxidation sites excluding steroid dienone is 2. The number of ether oxygens (including phenoxy) is 3. The Labute approximate surface area is 318 Å². The first-order chi connectivity index (χ1) is 26.4. The molecule has 2 aliphatic rings. The summed E-state index contributed by atoms with van der Waals surface area (Å²) < 4.78 is 16.6. The van der Waals surface area contributed by atoms with Crippen molar-refractivity contribution in [2.24, 2.45) is 0 Å². The number of aryl methyl sites for hydroxylation is 1. The van der Waals surface area contributed by atoms with E-state index in [0.717, 1.165) is 107 Å². The smallest absolute Gasteiger partial charge is 0.128 e. The van der Waals surface area contributed by atoms with Gasteiger partial charge in [0, 0.05) is 22.3 Å². The van der Waals surface area contributed by atoms with E-state index in [1.807, 2.05) is 42.5 Å². The van der Waals surface area contributed by atoms with Crippen LogP contribution in [-0.4, -0.2) is 52.0 Å². The molecule has 0 aromatic heterocycles. The van der Waals surface area contributed by atoms with Crippen molar-refractivity contribution >= 4 is 11.1 Å². The summed E-state index contributed by atoms with van der Waals surface area (Å²) in [4.78, 5) is 0. The van der Waals surface area contributed by atoms with Crippen LogP contribution in [0.15, 0.2) is 66.7 Å². The van der Waals surface area contributed by atoms with Gasteiger partial charge in [0.1, 0.15) is 17.2 Å². The summed E-state index contributed by atoms with van der Waals surface area (Å²) in [6, 6.07) is 17.7. The zero-order chi connectivity index (χ0) is 38.6. The van der Waals surface area contributed by atoms with Crippen molar-refractivity contribution in [3.8, 4) is 17.2 Å². The summed E-state index contributed by atoms with van der Waals surface area (Å²) in [5, 5.41) is 58.0. The van der Waals surface area contributed by atoms with Gasteiger partial charge >= 0.3 is 0 Å². The molecule has 288 valence electrons. The van der Waals surface area contributed by atoms with Crippen LogP contribution in [0.3, 0.4) is 0 Å². The number of fused-ring (bicyclic) bond motifs is 2. The lowest BCUT2D eigenvalue weighted by Crippen LogP contribution is -2.06. The number of aliphatic hydroxyl groups is 6. The van der Waals surface area contributed by atoms with E-state index in [9.17, 15) is 30.6 Å². The lowest BCUT2D eigenvalue weighted by atomic mass is 9.85. The molecule has 0 heterocycles. The van der Waals surface area contributed by atoms with Crippen LogP contribution in [0.25, 0.3) is 11.1 Å². The minimum absolute atomic E-state index is 0.0417. The van der Waals surface area contributed by atoms with Crippen molar-refractivity contribution in [1.82, 2.24) is 0 Å². The average molecular weight is 739 g/mol. The quantitative estimate of drug-likeness (QED) is 0.0993. The average Bonchev–Trinajstić information content (AvgIpc) is 3.20. The predicted molar refractivity (Wildman–Crippen MR) is 210 cm³/mol. The maximum Gasteiger partial charge on any atom is 0.128 e.